The van der Waals surface area contributed by atoms with Crippen molar-refractivity contribution >= 4 is 23.2 Å². The van der Waals surface area contributed by atoms with Gasteiger partial charge in [0.15, 0.2) is 0 Å². The lowest BCUT2D eigenvalue weighted by Gasteiger charge is -2.06. The van der Waals surface area contributed by atoms with Crippen LogP contribution in [0.3, 0.4) is 0 Å². The largest absolute Gasteiger partial charge is 0.326 e. The van der Waals surface area contributed by atoms with Gasteiger partial charge in [-0.1, -0.05) is 35.9 Å². The second kappa shape index (κ2) is 7.98. The maximum Gasteiger partial charge on any atom is 0.224 e. The number of carbonyl (C=O) groups is 2. The average molecular weight is 296 g/mol. The van der Waals surface area contributed by atoms with E-state index in [0.29, 0.717) is 19.3 Å². The molecule has 0 heterocycles. The Balaban J connectivity index is 1.68. The van der Waals surface area contributed by atoms with Gasteiger partial charge < -0.3 is 10.6 Å². The third-order valence-electron chi connectivity index (χ3n) is 3.20. The summed E-state index contributed by atoms with van der Waals surface area (Å²) in [5, 5.41) is 5.62. The van der Waals surface area contributed by atoms with Crippen LogP contribution in [0.25, 0.3) is 0 Å². The molecular weight excluding hydrogens is 276 g/mol. The molecule has 0 aliphatic heterocycles. The summed E-state index contributed by atoms with van der Waals surface area (Å²) in [4.78, 5) is 23.5. The van der Waals surface area contributed by atoms with Crippen LogP contribution in [0.4, 0.5) is 11.4 Å². The summed E-state index contributed by atoms with van der Waals surface area (Å²) in [6.45, 7) is 2.00. The average Bonchev–Trinajstić information content (AvgIpc) is 2.50. The van der Waals surface area contributed by atoms with E-state index in [2.05, 4.69) is 10.6 Å². The monoisotopic (exact) mass is 296 g/mol. The Hall–Kier alpha value is -2.62. The number of para-hydroxylation sites is 1. The molecule has 22 heavy (non-hydrogen) atoms. The molecule has 2 N–H and O–H groups in total. The van der Waals surface area contributed by atoms with Crippen molar-refractivity contribution in [1.82, 2.24) is 0 Å². The third-order valence-corrected chi connectivity index (χ3v) is 3.20. The fourth-order valence-corrected chi connectivity index (χ4v) is 2.01. The number of anilines is 2. The number of nitrogens with one attached hydrogen (secondary N) is 2. The van der Waals surface area contributed by atoms with Crippen LogP contribution in [-0.4, -0.2) is 11.8 Å². The Morgan fingerprint density at radius 2 is 1.27 bits per heavy atom. The van der Waals surface area contributed by atoms with E-state index in [-0.39, 0.29) is 11.8 Å². The first-order valence-electron chi connectivity index (χ1n) is 7.35. The highest BCUT2D eigenvalue weighted by Crippen LogP contribution is 2.10. The molecule has 0 radical (unpaired) electrons. The molecule has 0 bridgehead atoms. The summed E-state index contributed by atoms with van der Waals surface area (Å²) in [6, 6.07) is 16.9. The van der Waals surface area contributed by atoms with Crippen molar-refractivity contribution in [1.29, 1.82) is 0 Å². The van der Waals surface area contributed by atoms with Gasteiger partial charge in [0.2, 0.25) is 11.8 Å². The van der Waals surface area contributed by atoms with Crippen molar-refractivity contribution in [3.8, 4) is 0 Å². The number of hydrogen-bond donors (Lipinski definition) is 2. The Labute approximate surface area is 130 Å². The first kappa shape index (κ1) is 15.8. The van der Waals surface area contributed by atoms with Crippen molar-refractivity contribution in [2.45, 2.75) is 26.2 Å². The molecule has 2 amide bonds. The highest BCUT2D eigenvalue weighted by Gasteiger charge is 2.06. The van der Waals surface area contributed by atoms with E-state index in [9.17, 15) is 9.59 Å². The molecular formula is C18H20N2O2. The van der Waals surface area contributed by atoms with Gasteiger partial charge in [-0.15, -0.1) is 0 Å². The molecule has 2 aromatic rings. The molecule has 0 aliphatic carbocycles. The lowest BCUT2D eigenvalue weighted by molar-refractivity contribution is -0.117. The predicted octanol–water partition coefficient (Wildman–Crippen LogP) is 3.74. The van der Waals surface area contributed by atoms with Crippen LogP contribution in [0.15, 0.2) is 54.6 Å². The van der Waals surface area contributed by atoms with Gasteiger partial charge in [0.1, 0.15) is 0 Å². The molecule has 4 nitrogen and oxygen atoms in total. The van der Waals surface area contributed by atoms with E-state index in [0.717, 1.165) is 16.9 Å². The van der Waals surface area contributed by atoms with E-state index < -0.39 is 0 Å². The zero-order valence-electron chi connectivity index (χ0n) is 12.6. The topological polar surface area (TPSA) is 58.2 Å². The summed E-state index contributed by atoms with van der Waals surface area (Å²) < 4.78 is 0. The zero-order valence-corrected chi connectivity index (χ0v) is 12.6. The minimum absolute atomic E-state index is 0.0728. The molecule has 0 aliphatic rings. The lowest BCUT2D eigenvalue weighted by atomic mass is 10.2. The van der Waals surface area contributed by atoms with Gasteiger partial charge in [-0.05, 0) is 37.6 Å². The van der Waals surface area contributed by atoms with Gasteiger partial charge in [0.05, 0.1) is 0 Å². The second-order valence-corrected chi connectivity index (χ2v) is 5.18. The van der Waals surface area contributed by atoms with Crippen LogP contribution in [0.1, 0.15) is 24.8 Å². The predicted molar refractivity (Wildman–Crippen MR) is 88.7 cm³/mol. The lowest BCUT2D eigenvalue weighted by Crippen LogP contribution is -2.14. The quantitative estimate of drug-likeness (QED) is 0.853. The molecule has 0 aromatic heterocycles. The number of carbonyl (C=O) groups excluding carboxylic acids is 2. The van der Waals surface area contributed by atoms with Gasteiger partial charge in [-0.2, -0.15) is 0 Å². The smallest absolute Gasteiger partial charge is 0.224 e. The highest BCUT2D eigenvalue weighted by molar-refractivity contribution is 5.92. The molecule has 2 rings (SSSR count). The van der Waals surface area contributed by atoms with Gasteiger partial charge in [0.25, 0.3) is 0 Å². The van der Waals surface area contributed by atoms with Crippen molar-refractivity contribution in [3.63, 3.8) is 0 Å². The maximum absolute atomic E-state index is 11.8. The van der Waals surface area contributed by atoms with Gasteiger partial charge >= 0.3 is 0 Å². The van der Waals surface area contributed by atoms with E-state index in [1.54, 1.807) is 0 Å². The van der Waals surface area contributed by atoms with Gasteiger partial charge in [-0.25, -0.2) is 0 Å². The van der Waals surface area contributed by atoms with E-state index >= 15 is 0 Å². The summed E-state index contributed by atoms with van der Waals surface area (Å²) in [5.41, 5.74) is 2.71. The Morgan fingerprint density at radius 1 is 0.773 bits per heavy atom. The molecule has 0 atom stereocenters. The van der Waals surface area contributed by atoms with Crippen molar-refractivity contribution in [2.75, 3.05) is 10.6 Å². The van der Waals surface area contributed by atoms with Crippen molar-refractivity contribution in [3.05, 3.63) is 60.2 Å². The van der Waals surface area contributed by atoms with E-state index in [1.165, 1.54) is 0 Å². The number of rotatable bonds is 6. The fraction of sp³-hybridized carbons (Fsp3) is 0.222. The summed E-state index contributed by atoms with van der Waals surface area (Å²) in [5.74, 6) is -0.147. The molecule has 114 valence electrons. The van der Waals surface area contributed by atoms with Gasteiger partial charge in [0, 0.05) is 24.2 Å². The number of amides is 2. The van der Waals surface area contributed by atoms with Crippen LogP contribution in [0.5, 0.6) is 0 Å². The maximum atomic E-state index is 11.8. The molecule has 4 heteroatoms. The molecule has 0 unspecified atom stereocenters. The summed E-state index contributed by atoms with van der Waals surface area (Å²) in [6.07, 6.45) is 1.18. The van der Waals surface area contributed by atoms with E-state index in [4.69, 9.17) is 0 Å². The standard InChI is InChI=1S/C18H20N2O2/c1-14-10-12-16(13-11-14)20-18(22)9-5-8-17(21)19-15-6-3-2-4-7-15/h2-4,6-7,10-13H,5,8-9H2,1H3,(H,19,21)(H,20,22). The Morgan fingerprint density at radius 3 is 1.82 bits per heavy atom. The molecule has 0 fully saturated rings. The van der Waals surface area contributed by atoms with Crippen LogP contribution in [0.2, 0.25) is 0 Å². The van der Waals surface area contributed by atoms with Crippen LogP contribution < -0.4 is 10.6 Å². The van der Waals surface area contributed by atoms with Gasteiger partial charge in [-0.3, -0.25) is 9.59 Å². The van der Waals surface area contributed by atoms with Crippen molar-refractivity contribution < 1.29 is 9.59 Å². The normalized spacial score (nSPS) is 10.0. The first-order chi connectivity index (χ1) is 10.6. The zero-order chi connectivity index (χ0) is 15.8. The Kier molecular flexibility index (Phi) is 5.72. The second-order valence-electron chi connectivity index (χ2n) is 5.18. The third kappa shape index (κ3) is 5.40. The fourth-order valence-electron chi connectivity index (χ4n) is 2.01. The molecule has 0 saturated heterocycles. The minimum Gasteiger partial charge on any atom is -0.326 e. The minimum atomic E-state index is -0.0747. The Bertz CT molecular complexity index is 621. The molecule has 2 aromatic carbocycles. The molecule has 0 saturated carbocycles. The number of benzene rings is 2. The number of hydrogen-bond acceptors (Lipinski definition) is 2. The van der Waals surface area contributed by atoms with E-state index in [1.807, 2.05) is 61.5 Å². The summed E-state index contributed by atoms with van der Waals surface area (Å²) >= 11 is 0. The highest BCUT2D eigenvalue weighted by atomic mass is 16.2. The number of aryl methyl sites for hydroxylation is 1. The van der Waals surface area contributed by atoms with Crippen molar-refractivity contribution in [2.24, 2.45) is 0 Å². The van der Waals surface area contributed by atoms with Crippen LogP contribution >= 0.6 is 0 Å². The summed E-state index contributed by atoms with van der Waals surface area (Å²) in [7, 11) is 0. The molecule has 0 spiro atoms. The van der Waals surface area contributed by atoms with Crippen LogP contribution in [0, 0.1) is 6.92 Å². The first-order valence-corrected chi connectivity index (χ1v) is 7.35. The SMILES string of the molecule is Cc1ccc(NC(=O)CCCC(=O)Nc2ccccc2)cc1. The van der Waals surface area contributed by atoms with Crippen LogP contribution in [-0.2, 0) is 9.59 Å².